The molecule has 5 aromatic heterocycles. The van der Waals surface area contributed by atoms with Gasteiger partial charge in [-0.1, -0.05) is 155 Å². The molecule has 7 N–H and O–H groups in total. The van der Waals surface area contributed by atoms with Crippen molar-refractivity contribution in [2.75, 3.05) is 67.6 Å². The molecule has 7 atom stereocenters. The second kappa shape index (κ2) is 45.7. The summed E-state index contributed by atoms with van der Waals surface area (Å²) in [5.41, 5.74) is 16.8. The maximum atomic E-state index is 14.0. The molecule has 9 aromatic carbocycles. The molecule has 1 aliphatic heterocycles. The molecule has 39 heteroatoms. The largest absolute Gasteiger partial charge is 0.497 e. The van der Waals surface area contributed by atoms with E-state index in [-0.39, 0.29) is 76.5 Å². The topological polar surface area (TPSA) is 348 Å². The fourth-order valence-corrected chi connectivity index (χ4v) is 17.6. The summed E-state index contributed by atoms with van der Waals surface area (Å²) in [6.07, 6.45) is 1.97. The number of rotatable bonds is 36. The molecule has 0 radical (unpaired) electrons. The number of carbonyl (C=O) groups excluding carboxylic acids is 3. The van der Waals surface area contributed by atoms with Crippen LogP contribution < -0.4 is 67.5 Å². The van der Waals surface area contributed by atoms with Crippen molar-refractivity contribution in [1.29, 1.82) is 0 Å². The molecule has 1 fully saturated rings. The summed E-state index contributed by atoms with van der Waals surface area (Å²) in [4.78, 5) is 57.2. The van der Waals surface area contributed by atoms with E-state index < -0.39 is 40.0 Å². The SMILES string of the molecule is CCOCCOc1ccc(NC(=O)C(C)Oc2ccc(C)cc2C)cc1OS(=O)NCC(C)c1nc2c(Cl)c(C)[nH]n2n1.COc1ccc(Oc2ccc(NC(=O)C(C)Oc3ccc(C)cc3C)cc2OS(=O)NCC(C)c2nc3c(-n4cccn4)c(C)[nH]n3n2)cc1.Cc1ccc(CN(C)c2ccccc2SC2C(=O)N(c3c(Cl)cc(Cl)cc3Cl)NC2=Nc2cc(C)ccc2Cl)cc1. The molecule has 7 unspecified atom stereocenters. The Morgan fingerprint density at radius 2 is 1.12 bits per heavy atom. The van der Waals surface area contributed by atoms with Crippen LogP contribution in [0.25, 0.3) is 17.0 Å². The minimum absolute atomic E-state index is 0.132. The molecule has 0 saturated carbocycles. The van der Waals surface area contributed by atoms with Crippen LogP contribution in [0, 0.1) is 55.4 Å². The number of anilines is 4. The molecule has 0 bridgehead atoms. The third kappa shape index (κ3) is 25.6. The maximum absolute atomic E-state index is 14.0. The Bertz CT molecular complexity index is 6580. The average Bonchev–Trinajstić information content (AvgIpc) is 1.63. The molecule has 702 valence electrons. The zero-order valence-corrected chi connectivity index (χ0v) is 82.2. The number of H-pyrrole nitrogens is 2. The quantitative estimate of drug-likeness (QED) is 0.0179. The van der Waals surface area contributed by atoms with Gasteiger partial charge in [-0.25, -0.2) is 34.1 Å². The minimum atomic E-state index is -2.01. The lowest BCUT2D eigenvalue weighted by Crippen LogP contribution is -2.36. The molecule has 134 heavy (non-hydrogen) atoms. The van der Waals surface area contributed by atoms with E-state index in [1.54, 1.807) is 115 Å². The Labute approximate surface area is 810 Å². The van der Waals surface area contributed by atoms with Gasteiger partial charge in [-0.05, 0) is 202 Å². The van der Waals surface area contributed by atoms with E-state index in [0.29, 0.717) is 115 Å². The number of aliphatic imine (C=N–C) groups is 1. The van der Waals surface area contributed by atoms with Crippen molar-refractivity contribution < 1.29 is 59.6 Å². The summed E-state index contributed by atoms with van der Waals surface area (Å²) in [7, 11) is 3.61. The summed E-state index contributed by atoms with van der Waals surface area (Å²) in [6, 6.07) is 55.1. The maximum Gasteiger partial charge on any atom is 0.288 e. The van der Waals surface area contributed by atoms with Gasteiger partial charge in [0.25, 0.3) is 40.3 Å². The van der Waals surface area contributed by atoms with E-state index >= 15 is 0 Å². The van der Waals surface area contributed by atoms with E-state index in [9.17, 15) is 22.8 Å². The Morgan fingerprint density at radius 3 is 1.69 bits per heavy atom. The van der Waals surface area contributed by atoms with Crippen molar-refractivity contribution in [3.63, 3.8) is 0 Å². The number of thioether (sulfide) groups is 1. The molecule has 31 nitrogen and oxygen atoms in total. The lowest BCUT2D eigenvalue weighted by atomic mass is 10.1. The molecule has 1 saturated heterocycles. The summed E-state index contributed by atoms with van der Waals surface area (Å²) in [6.45, 7) is 27.0. The summed E-state index contributed by atoms with van der Waals surface area (Å²) in [5, 5.41) is 27.6. The van der Waals surface area contributed by atoms with Gasteiger partial charge in [-0.2, -0.15) is 22.8 Å². The summed E-state index contributed by atoms with van der Waals surface area (Å²) < 4.78 is 82.6. The molecule has 14 aromatic rings. The second-order valence-corrected chi connectivity index (χ2v) is 36.6. The van der Waals surface area contributed by atoms with E-state index in [2.05, 4.69) is 92.1 Å². The van der Waals surface area contributed by atoms with Gasteiger partial charge in [0.05, 0.1) is 51.5 Å². The summed E-state index contributed by atoms with van der Waals surface area (Å²) in [5.74, 6) is 3.38. The van der Waals surface area contributed by atoms with Gasteiger partial charge in [0.2, 0.25) is 5.65 Å². The fraction of sp³-hybridized carbons (Fsp3) is 0.274. The number of hydrazine groups is 1. The van der Waals surface area contributed by atoms with Crippen LogP contribution in [0.2, 0.25) is 25.1 Å². The van der Waals surface area contributed by atoms with Crippen LogP contribution in [0.4, 0.5) is 28.4 Å². The normalized spacial score (nSPS) is 14.1. The first-order chi connectivity index (χ1) is 64.2. The number of aromatic amines is 2. The monoisotopic (exact) mass is 1970 g/mol. The van der Waals surface area contributed by atoms with Crippen molar-refractivity contribution in [3.8, 4) is 51.7 Å². The molecule has 6 heterocycles. The molecule has 1 aliphatic rings. The second-order valence-electron chi connectivity index (χ2n) is 31.6. The lowest BCUT2D eigenvalue weighted by molar-refractivity contribution is -0.122. The standard InChI is InChI=1S/C35H38N8O6S.C31H26Cl4N4OS.C29H37ClN6O6S/c1-21-8-14-29(22(2)18-21)47-25(5)35(44)38-26-9-15-30(48-28-12-10-27(46-6)11-13-28)31(19-26)49-50(45)37-20-23(3)33-39-34-32(42-17-7-16-36-42)24(4)40-43(34)41-33;1-18-8-11-20(12-9-18)17-38(3)26-6-4-5-7-27(26)41-29-30(36-25-14-19(2)10-13-22(25)33)37-39(31(29)40)28-23(34)15-21(32)16-24(28)35;1-7-39-12-13-40-24-11-9-22(32-29(37)21(6)41-23-10-8-17(2)14-18(23)3)15-25(24)42-43(38)31-16-19(4)27-33-28-26(30)20(5)34-36(28)35-27/h7-19,23,25,37,40H,20H2,1-6H3,(H,38,44);4-16,29H,17H2,1-3H3,(H,36,37);8-11,14-15,19,21,31,34H,7,12-13,16H2,1-6H3,(H,32,37). The first-order valence-corrected chi connectivity index (χ1v) is 47.4. The Morgan fingerprint density at radius 1 is 0.582 bits per heavy atom. The van der Waals surface area contributed by atoms with Gasteiger partial charge in [0.1, 0.15) is 57.1 Å². The number of ether oxygens (including phenoxy) is 6. The van der Waals surface area contributed by atoms with E-state index in [0.717, 1.165) is 55.5 Å². The zero-order chi connectivity index (χ0) is 95.7. The molecular formula is C95H101Cl5N18O13S3. The first kappa shape index (κ1) is 99.3. The Balaban J connectivity index is 0.000000171. The van der Waals surface area contributed by atoms with E-state index in [4.69, 9.17) is 105 Å². The minimum Gasteiger partial charge on any atom is -0.497 e. The number of fused-ring (bicyclic) bond motifs is 2. The molecule has 0 spiro atoms. The van der Waals surface area contributed by atoms with Gasteiger partial charge in [0.15, 0.2) is 52.5 Å². The van der Waals surface area contributed by atoms with Crippen LogP contribution in [0.15, 0.2) is 204 Å². The Kier molecular flexibility index (Phi) is 33.9. The number of aryl methyl sites for hydroxylation is 8. The van der Waals surface area contributed by atoms with Gasteiger partial charge in [0, 0.05) is 90.9 Å². The van der Waals surface area contributed by atoms with E-state index in [1.807, 2.05) is 161 Å². The highest BCUT2D eigenvalue weighted by atomic mass is 35.5. The number of benzene rings is 9. The number of aromatic nitrogens is 10. The zero-order valence-electron chi connectivity index (χ0n) is 75.9. The number of amidine groups is 1. The number of halogens is 5. The van der Waals surface area contributed by atoms with Crippen LogP contribution in [0.1, 0.15) is 108 Å². The summed E-state index contributed by atoms with van der Waals surface area (Å²) >= 11 is 29.4. The fourth-order valence-electron chi connectivity index (χ4n) is 13.7. The van der Waals surface area contributed by atoms with Crippen molar-refractivity contribution in [3.05, 3.63) is 281 Å². The Hall–Kier alpha value is -12.2. The highest BCUT2D eigenvalue weighted by molar-refractivity contribution is 8.01. The van der Waals surface area contributed by atoms with Crippen molar-refractivity contribution in [2.24, 2.45) is 4.99 Å². The van der Waals surface area contributed by atoms with Crippen LogP contribution in [0.3, 0.4) is 0 Å². The average molecular weight is 1980 g/mol. The van der Waals surface area contributed by atoms with Crippen molar-refractivity contribution in [2.45, 2.75) is 131 Å². The number of nitrogens with zero attached hydrogens (tertiary/aromatic N) is 11. The number of amides is 3. The van der Waals surface area contributed by atoms with Crippen molar-refractivity contribution in [1.82, 2.24) is 64.3 Å². The smallest absolute Gasteiger partial charge is 0.288 e. The van der Waals surface area contributed by atoms with Crippen LogP contribution >= 0.6 is 69.8 Å². The number of hydrogen-bond acceptors (Lipinski definition) is 21. The van der Waals surface area contributed by atoms with Crippen LogP contribution in [0.5, 0.6) is 46.0 Å². The highest BCUT2D eigenvalue weighted by Gasteiger charge is 2.42. The number of para-hydroxylation sites is 1. The molecule has 0 aliphatic carbocycles. The third-order valence-corrected chi connectivity index (χ3v) is 25.1. The van der Waals surface area contributed by atoms with Gasteiger partial charge in [-0.15, -0.1) is 22.0 Å². The first-order valence-electron chi connectivity index (χ1n) is 42.5. The molecule has 15 rings (SSSR count). The van der Waals surface area contributed by atoms with Crippen LogP contribution in [-0.2, 0) is 48.2 Å². The number of carbonyl (C=O) groups is 3. The van der Waals surface area contributed by atoms with Gasteiger partial charge >= 0.3 is 0 Å². The predicted octanol–water partition coefficient (Wildman–Crippen LogP) is 19.8. The number of hydrogen-bond donors (Lipinski definition) is 7. The lowest BCUT2D eigenvalue weighted by Gasteiger charge is -2.23. The third-order valence-electron chi connectivity index (χ3n) is 20.8. The van der Waals surface area contributed by atoms with Crippen LogP contribution in [-0.4, -0.2) is 146 Å². The highest BCUT2D eigenvalue weighted by Crippen LogP contribution is 2.44. The predicted molar refractivity (Wildman–Crippen MR) is 529 cm³/mol. The van der Waals surface area contributed by atoms with Gasteiger partial charge in [-0.3, -0.25) is 30.0 Å². The van der Waals surface area contributed by atoms with E-state index in [1.165, 1.54) is 32.5 Å². The molecule has 3 amide bonds. The van der Waals surface area contributed by atoms with Crippen molar-refractivity contribution >= 4 is 156 Å². The molecular weight excluding hydrogens is 1870 g/mol. The van der Waals surface area contributed by atoms with Gasteiger partial charge < -0.3 is 52.3 Å². The number of methoxy groups -OCH3 is 1. The number of nitrogens with one attached hydrogen (secondary N) is 7.